The fourth-order valence-corrected chi connectivity index (χ4v) is 2.27. The van der Waals surface area contributed by atoms with Gasteiger partial charge < -0.3 is 5.32 Å². The zero-order valence-corrected chi connectivity index (χ0v) is 10.1. The lowest BCUT2D eigenvalue weighted by molar-refractivity contribution is 0.180. The maximum atomic E-state index is 3.50. The highest BCUT2D eigenvalue weighted by Gasteiger charge is 2.31. The van der Waals surface area contributed by atoms with E-state index in [1.54, 1.807) is 0 Å². The molecular formula is C12H16BrN. The summed E-state index contributed by atoms with van der Waals surface area (Å²) in [7, 11) is 0. The topological polar surface area (TPSA) is 12.0 Å². The van der Waals surface area contributed by atoms with Crippen LogP contribution in [0.1, 0.15) is 26.2 Å². The van der Waals surface area contributed by atoms with Crippen LogP contribution in [0, 0.1) is 5.41 Å². The number of benzene rings is 1. The van der Waals surface area contributed by atoms with E-state index in [0.717, 1.165) is 11.0 Å². The Balaban J connectivity index is 1.91. The number of rotatable bonds is 3. The molecule has 0 saturated heterocycles. The summed E-state index contributed by atoms with van der Waals surface area (Å²) in [5, 5.41) is 3.50. The van der Waals surface area contributed by atoms with Crippen LogP contribution in [0.3, 0.4) is 0 Å². The first-order valence-corrected chi connectivity index (χ1v) is 5.97. The van der Waals surface area contributed by atoms with Crippen LogP contribution in [0.4, 0.5) is 5.69 Å². The molecule has 0 aromatic heterocycles. The molecule has 2 heteroatoms. The van der Waals surface area contributed by atoms with E-state index in [9.17, 15) is 0 Å². The first-order chi connectivity index (χ1) is 6.68. The Labute approximate surface area is 94.0 Å². The van der Waals surface area contributed by atoms with Gasteiger partial charge in [0.05, 0.1) is 0 Å². The SMILES string of the molecule is CC1(CNc2cccc(Br)c2)CCC1. The van der Waals surface area contributed by atoms with Crippen molar-refractivity contribution >= 4 is 21.6 Å². The Kier molecular flexibility index (Phi) is 2.82. The molecule has 1 fully saturated rings. The van der Waals surface area contributed by atoms with Gasteiger partial charge >= 0.3 is 0 Å². The van der Waals surface area contributed by atoms with Crippen LogP contribution < -0.4 is 5.32 Å². The van der Waals surface area contributed by atoms with Gasteiger partial charge in [-0.3, -0.25) is 0 Å². The number of halogens is 1. The van der Waals surface area contributed by atoms with E-state index < -0.39 is 0 Å². The monoisotopic (exact) mass is 253 g/mol. The minimum atomic E-state index is 0.544. The molecule has 0 heterocycles. The molecule has 1 aliphatic rings. The highest BCUT2D eigenvalue weighted by atomic mass is 79.9. The molecule has 76 valence electrons. The van der Waals surface area contributed by atoms with Crippen LogP contribution >= 0.6 is 15.9 Å². The Morgan fingerprint density at radius 1 is 1.43 bits per heavy atom. The number of anilines is 1. The van der Waals surface area contributed by atoms with Gasteiger partial charge in [-0.15, -0.1) is 0 Å². The molecule has 2 rings (SSSR count). The number of nitrogens with one attached hydrogen (secondary N) is 1. The second-order valence-corrected chi connectivity index (χ2v) is 5.44. The molecule has 1 aromatic carbocycles. The zero-order valence-electron chi connectivity index (χ0n) is 8.52. The van der Waals surface area contributed by atoms with Gasteiger partial charge in [-0.1, -0.05) is 35.3 Å². The molecule has 0 radical (unpaired) electrons. The molecule has 1 aromatic rings. The minimum Gasteiger partial charge on any atom is -0.384 e. The van der Waals surface area contributed by atoms with Gasteiger partial charge in [-0.25, -0.2) is 0 Å². The molecule has 0 aliphatic heterocycles. The van der Waals surface area contributed by atoms with Crippen molar-refractivity contribution in [2.45, 2.75) is 26.2 Å². The largest absolute Gasteiger partial charge is 0.384 e. The van der Waals surface area contributed by atoms with Crippen molar-refractivity contribution in [1.29, 1.82) is 0 Å². The molecule has 1 aliphatic carbocycles. The molecule has 1 saturated carbocycles. The Bertz CT molecular complexity index is 318. The average molecular weight is 254 g/mol. The van der Waals surface area contributed by atoms with Crippen LogP contribution in [0.25, 0.3) is 0 Å². The van der Waals surface area contributed by atoms with Gasteiger partial charge in [0.2, 0.25) is 0 Å². The summed E-state index contributed by atoms with van der Waals surface area (Å²) >= 11 is 3.47. The molecule has 0 spiro atoms. The van der Waals surface area contributed by atoms with Crippen LogP contribution in [-0.2, 0) is 0 Å². The standard InChI is InChI=1S/C12H16BrN/c1-12(6-3-7-12)9-14-11-5-2-4-10(13)8-11/h2,4-5,8,14H,3,6-7,9H2,1H3. The third-order valence-electron chi connectivity index (χ3n) is 3.10. The summed E-state index contributed by atoms with van der Waals surface area (Å²) < 4.78 is 1.14. The van der Waals surface area contributed by atoms with E-state index in [4.69, 9.17) is 0 Å². The van der Waals surface area contributed by atoms with Gasteiger partial charge in [0, 0.05) is 16.7 Å². The molecule has 0 unspecified atom stereocenters. The van der Waals surface area contributed by atoms with Crippen molar-refractivity contribution in [2.75, 3.05) is 11.9 Å². The Morgan fingerprint density at radius 2 is 2.21 bits per heavy atom. The molecule has 14 heavy (non-hydrogen) atoms. The molecule has 0 bridgehead atoms. The highest BCUT2D eigenvalue weighted by Crippen LogP contribution is 2.40. The maximum Gasteiger partial charge on any atom is 0.0351 e. The molecule has 1 N–H and O–H groups in total. The van der Waals surface area contributed by atoms with Crippen molar-refractivity contribution in [3.8, 4) is 0 Å². The third-order valence-corrected chi connectivity index (χ3v) is 3.60. The van der Waals surface area contributed by atoms with Crippen LogP contribution in [0.5, 0.6) is 0 Å². The lowest BCUT2D eigenvalue weighted by Crippen LogP contribution is -2.33. The van der Waals surface area contributed by atoms with Crippen molar-refractivity contribution in [1.82, 2.24) is 0 Å². The second-order valence-electron chi connectivity index (χ2n) is 4.53. The van der Waals surface area contributed by atoms with Crippen molar-refractivity contribution in [3.05, 3.63) is 28.7 Å². The van der Waals surface area contributed by atoms with Crippen LogP contribution in [-0.4, -0.2) is 6.54 Å². The van der Waals surface area contributed by atoms with E-state index >= 15 is 0 Å². The predicted octanol–water partition coefficient (Wildman–Crippen LogP) is 4.05. The van der Waals surface area contributed by atoms with E-state index in [2.05, 4.69) is 52.4 Å². The van der Waals surface area contributed by atoms with Gasteiger partial charge in [0.1, 0.15) is 0 Å². The Morgan fingerprint density at radius 3 is 2.79 bits per heavy atom. The van der Waals surface area contributed by atoms with E-state index in [-0.39, 0.29) is 0 Å². The first-order valence-electron chi connectivity index (χ1n) is 5.17. The van der Waals surface area contributed by atoms with E-state index in [0.29, 0.717) is 5.41 Å². The second kappa shape index (κ2) is 3.93. The fraction of sp³-hybridized carbons (Fsp3) is 0.500. The van der Waals surface area contributed by atoms with Crippen molar-refractivity contribution in [2.24, 2.45) is 5.41 Å². The summed E-state index contributed by atoms with van der Waals surface area (Å²) in [6.45, 7) is 3.46. The van der Waals surface area contributed by atoms with Gasteiger partial charge in [-0.2, -0.15) is 0 Å². The van der Waals surface area contributed by atoms with Gasteiger partial charge in [0.15, 0.2) is 0 Å². The summed E-state index contributed by atoms with van der Waals surface area (Å²) in [6.07, 6.45) is 4.14. The third kappa shape index (κ3) is 2.30. The smallest absolute Gasteiger partial charge is 0.0351 e. The summed E-state index contributed by atoms with van der Waals surface area (Å²) in [5.41, 5.74) is 1.76. The molecule has 0 atom stereocenters. The molecule has 0 amide bonds. The van der Waals surface area contributed by atoms with Gasteiger partial charge in [-0.05, 0) is 36.5 Å². The van der Waals surface area contributed by atoms with Gasteiger partial charge in [0.25, 0.3) is 0 Å². The van der Waals surface area contributed by atoms with Crippen molar-refractivity contribution < 1.29 is 0 Å². The quantitative estimate of drug-likeness (QED) is 0.857. The lowest BCUT2D eigenvalue weighted by atomic mass is 9.70. The molecule has 1 nitrogen and oxygen atoms in total. The minimum absolute atomic E-state index is 0.544. The predicted molar refractivity (Wildman–Crippen MR) is 64.6 cm³/mol. The Hall–Kier alpha value is -0.500. The van der Waals surface area contributed by atoms with Crippen molar-refractivity contribution in [3.63, 3.8) is 0 Å². The first kappa shape index (κ1) is 10.0. The fourth-order valence-electron chi connectivity index (χ4n) is 1.87. The van der Waals surface area contributed by atoms with Crippen LogP contribution in [0.2, 0.25) is 0 Å². The van der Waals surface area contributed by atoms with E-state index in [1.807, 2.05) is 0 Å². The summed E-state index contributed by atoms with van der Waals surface area (Å²) in [4.78, 5) is 0. The van der Waals surface area contributed by atoms with E-state index in [1.165, 1.54) is 24.9 Å². The van der Waals surface area contributed by atoms with Crippen LogP contribution in [0.15, 0.2) is 28.7 Å². The number of hydrogen-bond acceptors (Lipinski definition) is 1. The average Bonchev–Trinajstić information content (AvgIpc) is 2.12. The highest BCUT2D eigenvalue weighted by molar-refractivity contribution is 9.10. The number of hydrogen-bond donors (Lipinski definition) is 1. The maximum absolute atomic E-state index is 3.50. The lowest BCUT2D eigenvalue weighted by Gasteiger charge is -2.38. The summed E-state index contributed by atoms with van der Waals surface area (Å²) in [5.74, 6) is 0. The summed E-state index contributed by atoms with van der Waals surface area (Å²) in [6, 6.07) is 8.36. The zero-order chi connectivity index (χ0) is 10.0. The molecular weight excluding hydrogens is 238 g/mol. The normalized spacial score (nSPS) is 18.7.